The maximum absolute atomic E-state index is 14.6. The van der Waals surface area contributed by atoms with Crippen LogP contribution in [0.1, 0.15) is 50.5 Å². The first-order valence-corrected chi connectivity index (χ1v) is 10.1. The Morgan fingerprint density at radius 3 is 2.65 bits per heavy atom. The molecule has 0 aliphatic carbocycles. The third-order valence-electron chi connectivity index (χ3n) is 5.10. The van der Waals surface area contributed by atoms with Gasteiger partial charge in [-0.05, 0) is 44.9 Å². The van der Waals surface area contributed by atoms with Crippen molar-refractivity contribution in [1.82, 2.24) is 19.9 Å². The highest BCUT2D eigenvalue weighted by Gasteiger charge is 2.38. The van der Waals surface area contributed by atoms with Crippen molar-refractivity contribution in [3.05, 3.63) is 58.4 Å². The highest BCUT2D eigenvalue weighted by molar-refractivity contribution is 6.33. The van der Waals surface area contributed by atoms with E-state index in [4.69, 9.17) is 16.3 Å². The van der Waals surface area contributed by atoms with Gasteiger partial charge in [0.2, 0.25) is 0 Å². The molecule has 1 amide bonds. The molecule has 164 valence electrons. The van der Waals surface area contributed by atoms with E-state index in [1.807, 2.05) is 0 Å². The molecule has 0 saturated carbocycles. The maximum atomic E-state index is 14.6. The minimum absolute atomic E-state index is 0.0533. The average molecular weight is 453 g/mol. The Labute approximate surface area is 181 Å². The number of carbonyl (C=O) groups excluding carboxylic acids is 1. The summed E-state index contributed by atoms with van der Waals surface area (Å²) in [6.45, 7) is 5.49. The third kappa shape index (κ3) is 4.06. The smallest absolute Gasteiger partial charge is 0.408 e. The zero-order chi connectivity index (χ0) is 22.5. The van der Waals surface area contributed by atoms with Gasteiger partial charge in [-0.25, -0.2) is 27.9 Å². The Hall–Kier alpha value is -2.81. The van der Waals surface area contributed by atoms with Crippen molar-refractivity contribution in [2.45, 2.75) is 51.3 Å². The fourth-order valence-corrected chi connectivity index (χ4v) is 4.15. The molecular formula is C21H20ClF3N4O2. The first kappa shape index (κ1) is 21.4. The second-order valence-corrected chi connectivity index (χ2v) is 8.76. The molecule has 0 spiro atoms. The minimum atomic E-state index is -1.28. The third-order valence-corrected chi connectivity index (χ3v) is 5.37. The molecule has 4 rings (SSSR count). The first-order valence-electron chi connectivity index (χ1n) is 9.70. The summed E-state index contributed by atoms with van der Waals surface area (Å²) in [6.07, 6.45) is 1.08. The number of hydrogen-bond donors (Lipinski definition) is 1. The van der Waals surface area contributed by atoms with Crippen molar-refractivity contribution in [2.24, 2.45) is 0 Å². The summed E-state index contributed by atoms with van der Waals surface area (Å²) >= 11 is 6.26. The van der Waals surface area contributed by atoms with E-state index in [0.717, 1.165) is 6.07 Å². The molecular weight excluding hydrogens is 433 g/mol. The summed E-state index contributed by atoms with van der Waals surface area (Å²) in [5.41, 5.74) is 0.314. The van der Waals surface area contributed by atoms with Crippen molar-refractivity contribution in [1.29, 1.82) is 0 Å². The molecule has 2 atom stereocenters. The van der Waals surface area contributed by atoms with E-state index in [1.165, 1.54) is 6.20 Å². The van der Waals surface area contributed by atoms with Crippen molar-refractivity contribution < 1.29 is 22.7 Å². The van der Waals surface area contributed by atoms with Gasteiger partial charge in [-0.15, -0.1) is 0 Å². The van der Waals surface area contributed by atoms with E-state index in [-0.39, 0.29) is 10.7 Å². The Balaban J connectivity index is 1.83. The summed E-state index contributed by atoms with van der Waals surface area (Å²) in [5, 5.41) is 2.97. The number of aryl methyl sites for hydroxylation is 1. The van der Waals surface area contributed by atoms with Gasteiger partial charge in [-0.2, -0.15) is 0 Å². The van der Waals surface area contributed by atoms with Gasteiger partial charge in [0, 0.05) is 24.7 Å². The molecule has 0 fully saturated rings. The predicted molar refractivity (Wildman–Crippen MR) is 108 cm³/mol. The van der Waals surface area contributed by atoms with Crippen molar-refractivity contribution in [2.75, 3.05) is 0 Å². The molecule has 2 aromatic heterocycles. The predicted octanol–water partition coefficient (Wildman–Crippen LogP) is 5.26. The lowest BCUT2D eigenvalue weighted by molar-refractivity contribution is 0.0484. The monoisotopic (exact) mass is 452 g/mol. The molecule has 1 N–H and O–H groups in total. The summed E-state index contributed by atoms with van der Waals surface area (Å²) in [5.74, 6) is -3.66. The van der Waals surface area contributed by atoms with Crippen LogP contribution in [0.25, 0.3) is 11.0 Å². The number of rotatable bonds is 2. The number of benzene rings is 1. The molecule has 10 heteroatoms. The Bertz CT molecular complexity index is 1180. The van der Waals surface area contributed by atoms with Crippen LogP contribution in [0.5, 0.6) is 0 Å². The quantitative estimate of drug-likeness (QED) is 0.425. The zero-order valence-corrected chi connectivity index (χ0v) is 17.8. The van der Waals surface area contributed by atoms with E-state index in [1.54, 1.807) is 31.4 Å². The summed E-state index contributed by atoms with van der Waals surface area (Å²) < 4.78 is 49.2. The number of pyridine rings is 1. The van der Waals surface area contributed by atoms with Crippen LogP contribution in [-0.2, 0) is 11.3 Å². The lowest BCUT2D eigenvalue weighted by Crippen LogP contribution is -2.40. The highest BCUT2D eigenvalue weighted by Crippen LogP contribution is 2.41. The van der Waals surface area contributed by atoms with Crippen LogP contribution in [0.4, 0.5) is 18.0 Å². The highest BCUT2D eigenvalue weighted by atomic mass is 35.5. The summed E-state index contributed by atoms with van der Waals surface area (Å²) in [6, 6.07) is 2.13. The maximum Gasteiger partial charge on any atom is 0.408 e. The van der Waals surface area contributed by atoms with Crippen LogP contribution >= 0.6 is 11.6 Å². The van der Waals surface area contributed by atoms with Gasteiger partial charge in [-0.1, -0.05) is 11.6 Å². The van der Waals surface area contributed by atoms with Crippen molar-refractivity contribution in [3.63, 3.8) is 0 Å². The topological polar surface area (TPSA) is 69.0 Å². The van der Waals surface area contributed by atoms with Crippen LogP contribution in [-0.4, -0.2) is 26.2 Å². The molecule has 1 aromatic carbocycles. The Kier molecular flexibility index (Phi) is 5.33. The fourth-order valence-electron chi connectivity index (χ4n) is 3.89. The largest absolute Gasteiger partial charge is 0.444 e. The first-order chi connectivity index (χ1) is 14.5. The van der Waals surface area contributed by atoms with Gasteiger partial charge in [-0.3, -0.25) is 0 Å². The number of hydrogen-bond acceptors (Lipinski definition) is 4. The number of fused-ring (bicyclic) bond motifs is 3. The SMILES string of the molecule is CC(C)(C)OC(=O)NC1c2nc3ccnc(Cl)c3n2CC[C@@H]1c1cc(F)c(F)cc1F. The van der Waals surface area contributed by atoms with E-state index in [2.05, 4.69) is 15.3 Å². The number of ether oxygens (including phenoxy) is 1. The van der Waals surface area contributed by atoms with E-state index < -0.39 is 41.1 Å². The van der Waals surface area contributed by atoms with E-state index in [9.17, 15) is 18.0 Å². The van der Waals surface area contributed by atoms with Gasteiger partial charge in [0.1, 0.15) is 22.8 Å². The van der Waals surface area contributed by atoms with Gasteiger partial charge in [0.25, 0.3) is 0 Å². The number of nitrogens with one attached hydrogen (secondary N) is 1. The number of amides is 1. The number of aromatic nitrogens is 3. The fraction of sp³-hybridized carbons (Fsp3) is 0.381. The molecule has 6 nitrogen and oxygen atoms in total. The molecule has 31 heavy (non-hydrogen) atoms. The Morgan fingerprint density at radius 2 is 1.94 bits per heavy atom. The number of imidazole rings is 1. The number of alkyl carbamates (subject to hydrolysis) is 1. The van der Waals surface area contributed by atoms with Crippen molar-refractivity contribution >= 4 is 28.7 Å². The molecule has 0 radical (unpaired) electrons. The zero-order valence-electron chi connectivity index (χ0n) is 17.0. The molecule has 0 saturated heterocycles. The molecule has 1 aliphatic rings. The second kappa shape index (κ2) is 7.71. The number of carbonyl (C=O) groups is 1. The summed E-state index contributed by atoms with van der Waals surface area (Å²) in [7, 11) is 0. The lowest BCUT2D eigenvalue weighted by Gasteiger charge is -2.34. The van der Waals surface area contributed by atoms with E-state index in [0.29, 0.717) is 35.9 Å². The summed E-state index contributed by atoms with van der Waals surface area (Å²) in [4.78, 5) is 21.2. The van der Waals surface area contributed by atoms with Crippen LogP contribution in [0, 0.1) is 17.5 Å². The Morgan fingerprint density at radius 1 is 1.23 bits per heavy atom. The second-order valence-electron chi connectivity index (χ2n) is 8.40. The van der Waals surface area contributed by atoms with Crippen LogP contribution in [0.2, 0.25) is 5.15 Å². The van der Waals surface area contributed by atoms with Gasteiger partial charge >= 0.3 is 6.09 Å². The molecule has 1 unspecified atom stereocenters. The number of halogens is 4. The van der Waals surface area contributed by atoms with E-state index >= 15 is 0 Å². The molecule has 3 heterocycles. The molecule has 3 aromatic rings. The minimum Gasteiger partial charge on any atom is -0.444 e. The average Bonchev–Trinajstić information content (AvgIpc) is 3.04. The van der Waals surface area contributed by atoms with Gasteiger partial charge in [0.05, 0.1) is 11.6 Å². The standard InChI is InChI=1S/C21H20ClF3N4O2/c1-21(2,3)31-20(30)28-16-10(11-8-13(24)14(25)9-12(11)23)5-7-29-17-15(27-19(16)29)4-6-26-18(17)22/h4,6,8-10,16H,5,7H2,1-3H3,(H,28,30)/t10-,16?/m1/s1. The molecule has 1 aliphatic heterocycles. The van der Waals surface area contributed by atoms with Crippen LogP contribution in [0.15, 0.2) is 24.4 Å². The van der Waals surface area contributed by atoms with Gasteiger partial charge < -0.3 is 14.6 Å². The van der Waals surface area contributed by atoms with Crippen LogP contribution < -0.4 is 5.32 Å². The molecule has 0 bridgehead atoms. The number of nitrogens with zero attached hydrogens (tertiary/aromatic N) is 3. The normalized spacial score (nSPS) is 18.7. The van der Waals surface area contributed by atoms with Gasteiger partial charge in [0.15, 0.2) is 16.8 Å². The van der Waals surface area contributed by atoms with Crippen molar-refractivity contribution in [3.8, 4) is 0 Å². The lowest BCUT2D eigenvalue weighted by atomic mass is 9.85. The van der Waals surface area contributed by atoms with Crippen LogP contribution in [0.3, 0.4) is 0 Å².